The highest BCUT2D eigenvalue weighted by atomic mass is 32.1. The second kappa shape index (κ2) is 8.06. The Bertz CT molecular complexity index is 1070. The number of benzene rings is 1. The van der Waals surface area contributed by atoms with Gasteiger partial charge >= 0.3 is 0 Å². The molecule has 0 saturated heterocycles. The molecule has 0 aliphatic rings. The normalized spacial score (nSPS) is 10.6. The van der Waals surface area contributed by atoms with Gasteiger partial charge in [-0.3, -0.25) is 15.1 Å². The number of anilines is 1. The van der Waals surface area contributed by atoms with Crippen molar-refractivity contribution in [2.45, 2.75) is 13.5 Å². The quantitative estimate of drug-likeness (QED) is 0.504. The molecule has 1 N–H and O–H groups in total. The molecule has 0 fully saturated rings. The predicted molar refractivity (Wildman–Crippen MR) is 108 cm³/mol. The number of hydrogen-bond acceptors (Lipinski definition) is 6. The Morgan fingerprint density at radius 1 is 1.11 bits per heavy atom. The average Bonchev–Trinajstić information content (AvgIpc) is 3.34. The number of aryl methyl sites for hydroxylation is 1. The molecule has 7 heteroatoms. The number of nitrogens with zero attached hydrogens (tertiary/aromatic N) is 2. The lowest BCUT2D eigenvalue weighted by Gasteiger charge is -2.03. The van der Waals surface area contributed by atoms with E-state index < -0.39 is 0 Å². The van der Waals surface area contributed by atoms with E-state index in [0.717, 1.165) is 22.0 Å². The molecule has 4 aromatic rings. The number of para-hydroxylation sites is 1. The van der Waals surface area contributed by atoms with Gasteiger partial charge in [-0.2, -0.15) is 0 Å². The minimum absolute atomic E-state index is 0.207. The van der Waals surface area contributed by atoms with E-state index >= 15 is 0 Å². The molecule has 0 atom stereocenters. The number of carbonyl (C=O) groups is 1. The van der Waals surface area contributed by atoms with E-state index in [1.807, 2.05) is 55.5 Å². The number of pyridine rings is 1. The van der Waals surface area contributed by atoms with Gasteiger partial charge in [-0.05, 0) is 43.3 Å². The monoisotopic (exact) mass is 391 g/mol. The molecule has 140 valence electrons. The summed E-state index contributed by atoms with van der Waals surface area (Å²) in [6, 6.07) is 18.5. The maximum absolute atomic E-state index is 12.5. The first kappa shape index (κ1) is 17.9. The van der Waals surface area contributed by atoms with E-state index in [4.69, 9.17) is 9.15 Å². The lowest BCUT2D eigenvalue weighted by Crippen LogP contribution is -2.10. The first-order chi connectivity index (χ1) is 13.7. The molecule has 6 nitrogen and oxygen atoms in total. The Kier molecular flexibility index (Phi) is 5.16. The fourth-order valence-corrected chi connectivity index (χ4v) is 3.53. The van der Waals surface area contributed by atoms with Gasteiger partial charge in [0.05, 0.1) is 16.3 Å². The number of ether oxygens (including phenoxy) is 1. The molecule has 0 spiro atoms. The van der Waals surface area contributed by atoms with Gasteiger partial charge in [0.25, 0.3) is 5.91 Å². The second-order valence-electron chi connectivity index (χ2n) is 5.97. The Hall–Kier alpha value is -3.45. The Morgan fingerprint density at radius 3 is 2.71 bits per heavy atom. The van der Waals surface area contributed by atoms with Gasteiger partial charge in [-0.25, -0.2) is 4.98 Å². The summed E-state index contributed by atoms with van der Waals surface area (Å²) in [7, 11) is 0. The van der Waals surface area contributed by atoms with Crippen LogP contribution in [0.25, 0.3) is 10.6 Å². The molecule has 3 heterocycles. The van der Waals surface area contributed by atoms with Crippen LogP contribution in [0.2, 0.25) is 0 Å². The summed E-state index contributed by atoms with van der Waals surface area (Å²) in [5.74, 6) is 1.16. The van der Waals surface area contributed by atoms with Gasteiger partial charge in [0.1, 0.15) is 18.1 Å². The molecule has 0 radical (unpaired) electrons. The van der Waals surface area contributed by atoms with Crippen molar-refractivity contribution in [3.05, 3.63) is 84.1 Å². The number of aromatic nitrogens is 2. The van der Waals surface area contributed by atoms with Crippen LogP contribution >= 0.6 is 11.3 Å². The number of nitrogens with one attached hydrogen (secondary N) is 1. The van der Waals surface area contributed by atoms with Crippen LogP contribution in [-0.2, 0) is 6.61 Å². The van der Waals surface area contributed by atoms with Crippen molar-refractivity contribution in [2.24, 2.45) is 0 Å². The van der Waals surface area contributed by atoms with E-state index in [-0.39, 0.29) is 18.3 Å². The van der Waals surface area contributed by atoms with Crippen LogP contribution in [-0.4, -0.2) is 15.9 Å². The Labute approximate surface area is 165 Å². The van der Waals surface area contributed by atoms with Crippen LogP contribution in [0.15, 0.2) is 71.3 Å². The summed E-state index contributed by atoms with van der Waals surface area (Å²) < 4.78 is 11.2. The largest absolute Gasteiger partial charge is 0.486 e. The van der Waals surface area contributed by atoms with E-state index in [2.05, 4.69) is 15.3 Å². The lowest BCUT2D eigenvalue weighted by molar-refractivity contribution is 0.0992. The summed E-state index contributed by atoms with van der Waals surface area (Å²) >= 11 is 1.38. The van der Waals surface area contributed by atoms with Crippen molar-refractivity contribution in [3.63, 3.8) is 0 Å². The van der Waals surface area contributed by atoms with Crippen LogP contribution in [0.3, 0.4) is 0 Å². The summed E-state index contributed by atoms with van der Waals surface area (Å²) in [5.41, 5.74) is 1.65. The fourth-order valence-electron chi connectivity index (χ4n) is 2.59. The molecule has 4 rings (SSSR count). The molecular formula is C21H17N3O3S. The molecule has 1 aromatic carbocycles. The van der Waals surface area contributed by atoms with Crippen LogP contribution in [0.5, 0.6) is 5.75 Å². The van der Waals surface area contributed by atoms with Crippen LogP contribution < -0.4 is 10.1 Å². The number of thiazole rings is 1. The van der Waals surface area contributed by atoms with Crippen molar-refractivity contribution in [3.8, 4) is 16.3 Å². The predicted octanol–water partition coefficient (Wildman–Crippen LogP) is 4.94. The number of rotatable bonds is 6. The summed E-state index contributed by atoms with van der Waals surface area (Å²) in [6.45, 7) is 2.14. The van der Waals surface area contributed by atoms with E-state index in [0.29, 0.717) is 10.9 Å². The molecule has 28 heavy (non-hydrogen) atoms. The maximum atomic E-state index is 12.5. The second-order valence-corrected chi connectivity index (χ2v) is 6.97. The van der Waals surface area contributed by atoms with Gasteiger partial charge in [0.15, 0.2) is 10.9 Å². The number of carbonyl (C=O) groups excluding carboxylic acids is 1. The first-order valence-electron chi connectivity index (χ1n) is 8.66. The summed E-state index contributed by atoms with van der Waals surface area (Å²) in [6.07, 6.45) is 1.73. The number of amides is 1. The summed E-state index contributed by atoms with van der Waals surface area (Å²) in [5, 5.41) is 3.28. The SMILES string of the molecule is Cc1nc(NC(=O)c2ccc(COc3ccccc3)o2)sc1-c1ccccn1. The van der Waals surface area contributed by atoms with Crippen LogP contribution in [0.4, 0.5) is 5.13 Å². The van der Waals surface area contributed by atoms with Gasteiger partial charge in [-0.1, -0.05) is 35.6 Å². The van der Waals surface area contributed by atoms with E-state index in [1.54, 1.807) is 18.3 Å². The average molecular weight is 391 g/mol. The van der Waals surface area contributed by atoms with Crippen molar-refractivity contribution in [1.82, 2.24) is 9.97 Å². The third-order valence-electron chi connectivity index (χ3n) is 3.92. The molecule has 0 aliphatic carbocycles. The molecule has 0 unspecified atom stereocenters. The molecule has 0 saturated carbocycles. The van der Waals surface area contributed by atoms with Crippen molar-refractivity contribution < 1.29 is 13.9 Å². The summed E-state index contributed by atoms with van der Waals surface area (Å²) in [4.78, 5) is 22.1. The van der Waals surface area contributed by atoms with Gasteiger partial charge < -0.3 is 9.15 Å². The smallest absolute Gasteiger partial charge is 0.293 e. The maximum Gasteiger partial charge on any atom is 0.293 e. The lowest BCUT2D eigenvalue weighted by atomic mass is 10.3. The third-order valence-corrected chi connectivity index (χ3v) is 5.02. The van der Waals surface area contributed by atoms with Crippen molar-refractivity contribution >= 4 is 22.4 Å². The molecule has 3 aromatic heterocycles. The van der Waals surface area contributed by atoms with Crippen molar-refractivity contribution in [1.29, 1.82) is 0 Å². The Balaban J connectivity index is 1.41. The molecular weight excluding hydrogens is 374 g/mol. The molecule has 1 amide bonds. The number of hydrogen-bond donors (Lipinski definition) is 1. The van der Waals surface area contributed by atoms with Crippen LogP contribution in [0.1, 0.15) is 22.0 Å². The zero-order valence-corrected chi connectivity index (χ0v) is 15.9. The van der Waals surface area contributed by atoms with E-state index in [1.165, 1.54) is 11.3 Å². The minimum Gasteiger partial charge on any atom is -0.486 e. The molecule has 0 bridgehead atoms. The zero-order valence-electron chi connectivity index (χ0n) is 15.1. The topological polar surface area (TPSA) is 77.2 Å². The Morgan fingerprint density at radius 2 is 1.93 bits per heavy atom. The fraction of sp³-hybridized carbons (Fsp3) is 0.0952. The molecule has 0 aliphatic heterocycles. The highest BCUT2D eigenvalue weighted by molar-refractivity contribution is 7.19. The highest BCUT2D eigenvalue weighted by Gasteiger charge is 2.16. The third kappa shape index (κ3) is 4.10. The zero-order chi connectivity index (χ0) is 19.3. The van der Waals surface area contributed by atoms with E-state index in [9.17, 15) is 4.79 Å². The van der Waals surface area contributed by atoms with Gasteiger partial charge in [-0.15, -0.1) is 0 Å². The highest BCUT2D eigenvalue weighted by Crippen LogP contribution is 2.31. The van der Waals surface area contributed by atoms with Crippen molar-refractivity contribution in [2.75, 3.05) is 5.32 Å². The number of furan rings is 1. The van der Waals surface area contributed by atoms with Crippen LogP contribution in [0, 0.1) is 6.92 Å². The minimum atomic E-state index is -0.354. The van der Waals surface area contributed by atoms with Gasteiger partial charge in [0, 0.05) is 6.20 Å². The first-order valence-corrected chi connectivity index (χ1v) is 9.47. The standard InChI is InChI=1S/C21H17N3O3S/c1-14-19(17-9-5-6-12-22-17)28-21(23-14)24-20(25)18-11-10-16(27-18)13-26-15-7-3-2-4-8-15/h2-12H,13H2,1H3,(H,23,24,25). The van der Waals surface area contributed by atoms with Gasteiger partial charge in [0.2, 0.25) is 0 Å².